The van der Waals surface area contributed by atoms with E-state index in [2.05, 4.69) is 27.9 Å². The van der Waals surface area contributed by atoms with Crippen LogP contribution in [0.3, 0.4) is 0 Å². The van der Waals surface area contributed by atoms with E-state index >= 15 is 0 Å². The quantitative estimate of drug-likeness (QED) is 0.282. The molecule has 8 nitrogen and oxygen atoms in total. The number of nitrogens with two attached hydrogens (primary N) is 2. The molecule has 1 aliphatic heterocycles. The van der Waals surface area contributed by atoms with Crippen molar-refractivity contribution in [2.24, 2.45) is 5.73 Å². The summed E-state index contributed by atoms with van der Waals surface area (Å²) in [5, 5.41) is 14.7. The molecule has 0 spiro atoms. The number of hydrogen-bond acceptors (Lipinski definition) is 8. The number of piperidine rings is 1. The number of rotatable bonds is 11. The molecule has 0 saturated carbocycles. The zero-order valence-electron chi connectivity index (χ0n) is 21.0. The first-order valence-electron chi connectivity index (χ1n) is 12.5. The van der Waals surface area contributed by atoms with E-state index in [0.29, 0.717) is 27.5 Å². The summed E-state index contributed by atoms with van der Waals surface area (Å²) in [6, 6.07) is 8.02. The molecule has 6 N–H and O–H groups in total. The Balaban J connectivity index is 1.34. The third-order valence-electron chi connectivity index (χ3n) is 6.64. The minimum Gasteiger partial charge on any atom is -0.454 e. The van der Waals surface area contributed by atoms with Crippen molar-refractivity contribution in [1.82, 2.24) is 10.3 Å². The molecule has 38 heavy (non-hydrogen) atoms. The largest absolute Gasteiger partial charge is 0.454 e. The van der Waals surface area contributed by atoms with Gasteiger partial charge in [0.2, 0.25) is 0 Å². The summed E-state index contributed by atoms with van der Waals surface area (Å²) in [4.78, 5) is 19.9. The van der Waals surface area contributed by atoms with Crippen LogP contribution in [-0.2, 0) is 6.42 Å². The number of aryl methyl sites for hydroxylation is 1. The molecule has 2 atom stereocenters. The highest BCUT2D eigenvalue weighted by atomic mass is 32.1. The number of amides is 1. The van der Waals surface area contributed by atoms with Crippen molar-refractivity contribution in [2.75, 3.05) is 30.3 Å². The highest BCUT2D eigenvalue weighted by Crippen LogP contribution is 2.37. The number of aliphatic hydroxyl groups is 1. The number of thiophene rings is 1. The van der Waals surface area contributed by atoms with E-state index in [1.54, 1.807) is 0 Å². The lowest BCUT2D eigenvalue weighted by molar-refractivity contribution is -0.0669. The molecular formula is C26H32F3N5O3S. The Bertz CT molecular complexity index is 1250. The molecule has 2 aromatic heterocycles. The van der Waals surface area contributed by atoms with Crippen molar-refractivity contribution < 1.29 is 27.8 Å². The van der Waals surface area contributed by atoms with Gasteiger partial charge in [-0.15, -0.1) is 11.3 Å². The van der Waals surface area contributed by atoms with E-state index in [0.717, 1.165) is 55.5 Å². The van der Waals surface area contributed by atoms with Crippen molar-refractivity contribution in [3.05, 3.63) is 46.3 Å². The number of aliphatic hydroxyl groups excluding tert-OH is 1. The second-order valence-electron chi connectivity index (χ2n) is 9.34. The lowest BCUT2D eigenvalue weighted by atomic mass is 10.0. The molecule has 2 unspecified atom stereocenters. The number of halogens is 3. The normalized spacial score (nSPS) is 16.2. The predicted octanol–water partition coefficient (Wildman–Crippen LogP) is 4.16. The molecule has 1 amide bonds. The fraction of sp³-hybridized carbons (Fsp3) is 0.462. The Kier molecular flexibility index (Phi) is 8.95. The van der Waals surface area contributed by atoms with Crippen LogP contribution in [0.2, 0.25) is 0 Å². The zero-order valence-corrected chi connectivity index (χ0v) is 21.8. The van der Waals surface area contributed by atoms with Crippen LogP contribution >= 0.6 is 11.3 Å². The van der Waals surface area contributed by atoms with Crippen LogP contribution in [0.15, 0.2) is 30.3 Å². The van der Waals surface area contributed by atoms with E-state index < -0.39 is 24.8 Å². The van der Waals surface area contributed by atoms with Gasteiger partial charge in [0, 0.05) is 31.1 Å². The maximum atomic E-state index is 13.0. The minimum absolute atomic E-state index is 0.0286. The van der Waals surface area contributed by atoms with Gasteiger partial charge in [0.1, 0.15) is 21.3 Å². The third-order valence-corrected chi connectivity index (χ3v) is 7.75. The molecule has 1 fully saturated rings. The van der Waals surface area contributed by atoms with Crippen molar-refractivity contribution >= 4 is 39.0 Å². The van der Waals surface area contributed by atoms with E-state index in [9.17, 15) is 23.1 Å². The average molecular weight is 552 g/mol. The maximum Gasteiger partial charge on any atom is 0.304 e. The SMILES string of the molecule is CCCc1cc(N2CCC(NCC(O)c3ccc(OC(F)C(F)F)cc3)CC2)nc2sc(C(N)=O)c(N)c12. The molecule has 1 aliphatic rings. The fourth-order valence-electron chi connectivity index (χ4n) is 4.66. The van der Waals surface area contributed by atoms with Gasteiger partial charge in [0.15, 0.2) is 0 Å². The predicted molar refractivity (Wildman–Crippen MR) is 143 cm³/mol. The highest BCUT2D eigenvalue weighted by Gasteiger charge is 2.24. The Morgan fingerprint density at radius 2 is 1.95 bits per heavy atom. The van der Waals surface area contributed by atoms with Gasteiger partial charge in [-0.25, -0.2) is 13.8 Å². The Morgan fingerprint density at radius 1 is 1.26 bits per heavy atom. The summed E-state index contributed by atoms with van der Waals surface area (Å²) in [5.74, 6) is 0.272. The van der Waals surface area contributed by atoms with Gasteiger partial charge >= 0.3 is 6.43 Å². The lowest BCUT2D eigenvalue weighted by Gasteiger charge is -2.34. The Hall–Kier alpha value is -3.09. The van der Waals surface area contributed by atoms with Crippen LogP contribution in [0.4, 0.5) is 24.7 Å². The molecule has 3 aromatic rings. The number of fused-ring (bicyclic) bond motifs is 1. The Morgan fingerprint density at radius 3 is 2.55 bits per heavy atom. The number of pyridine rings is 1. The molecule has 0 radical (unpaired) electrons. The van der Waals surface area contributed by atoms with Crippen LogP contribution in [0, 0.1) is 0 Å². The molecule has 3 heterocycles. The molecule has 206 valence electrons. The van der Waals surface area contributed by atoms with Gasteiger partial charge < -0.3 is 31.5 Å². The van der Waals surface area contributed by atoms with Crippen LogP contribution in [-0.4, -0.2) is 54.5 Å². The number of primary amides is 1. The summed E-state index contributed by atoms with van der Waals surface area (Å²) in [6.45, 7) is 3.93. The van der Waals surface area contributed by atoms with Gasteiger partial charge in [0.25, 0.3) is 12.3 Å². The third kappa shape index (κ3) is 6.30. The highest BCUT2D eigenvalue weighted by molar-refractivity contribution is 7.21. The van der Waals surface area contributed by atoms with Crippen LogP contribution in [0.1, 0.15) is 53.1 Å². The summed E-state index contributed by atoms with van der Waals surface area (Å²) >= 11 is 1.23. The van der Waals surface area contributed by atoms with Crippen LogP contribution in [0.25, 0.3) is 10.2 Å². The average Bonchev–Trinajstić information content (AvgIpc) is 3.25. The molecule has 4 rings (SSSR count). The summed E-state index contributed by atoms with van der Waals surface area (Å²) < 4.78 is 42.2. The number of anilines is 2. The van der Waals surface area contributed by atoms with Gasteiger partial charge in [0.05, 0.1) is 11.8 Å². The maximum absolute atomic E-state index is 13.0. The number of aromatic nitrogens is 1. The van der Waals surface area contributed by atoms with Gasteiger partial charge in [-0.05, 0) is 48.6 Å². The van der Waals surface area contributed by atoms with Crippen molar-refractivity contribution in [3.8, 4) is 5.75 Å². The van der Waals surface area contributed by atoms with Gasteiger partial charge in [-0.1, -0.05) is 25.5 Å². The van der Waals surface area contributed by atoms with Gasteiger partial charge in [-0.2, -0.15) is 4.39 Å². The zero-order chi connectivity index (χ0) is 27.4. The Labute approximate surface area is 222 Å². The van der Waals surface area contributed by atoms with Gasteiger partial charge in [-0.3, -0.25) is 4.79 Å². The smallest absolute Gasteiger partial charge is 0.304 e. The first-order chi connectivity index (χ1) is 18.2. The standard InChI is InChI=1S/C26H32F3N5O3S/c1-2-3-15-12-19(33-26-20(15)21(30)22(38-26)25(31)36)34-10-8-16(9-11-34)32-13-18(35)14-4-6-17(7-5-14)37-24(29)23(27)28/h4-7,12,16,18,23-24,32,35H,2-3,8-11,13,30H2,1H3,(H2,31,36). The van der Waals surface area contributed by atoms with Crippen molar-refractivity contribution in [1.29, 1.82) is 0 Å². The van der Waals surface area contributed by atoms with E-state index in [1.165, 1.54) is 35.6 Å². The van der Waals surface area contributed by atoms with Crippen molar-refractivity contribution in [2.45, 2.75) is 57.5 Å². The molecule has 0 bridgehead atoms. The summed E-state index contributed by atoms with van der Waals surface area (Å²) in [5.41, 5.74) is 13.8. The summed E-state index contributed by atoms with van der Waals surface area (Å²) in [7, 11) is 0. The number of carbonyl (C=O) groups excluding carboxylic acids is 1. The van der Waals surface area contributed by atoms with E-state index in [4.69, 9.17) is 16.5 Å². The molecular weight excluding hydrogens is 519 g/mol. The number of nitrogen functional groups attached to an aromatic ring is 1. The number of alkyl halides is 3. The second-order valence-corrected chi connectivity index (χ2v) is 10.3. The number of hydrogen-bond donors (Lipinski definition) is 4. The number of ether oxygens (including phenoxy) is 1. The number of nitrogens with zero attached hydrogens (tertiary/aromatic N) is 2. The minimum atomic E-state index is -3.22. The lowest BCUT2D eigenvalue weighted by Crippen LogP contribution is -2.44. The van der Waals surface area contributed by atoms with E-state index in [1.807, 2.05) is 0 Å². The number of nitrogens with one attached hydrogen (secondary N) is 1. The first-order valence-corrected chi connectivity index (χ1v) is 13.4. The molecule has 1 aromatic carbocycles. The van der Waals surface area contributed by atoms with Crippen molar-refractivity contribution in [3.63, 3.8) is 0 Å². The van der Waals surface area contributed by atoms with Crippen LogP contribution < -0.4 is 26.4 Å². The monoisotopic (exact) mass is 551 g/mol. The molecule has 12 heteroatoms. The second kappa shape index (κ2) is 12.2. The molecule has 1 saturated heterocycles. The fourth-order valence-corrected chi connectivity index (χ4v) is 5.64. The van der Waals surface area contributed by atoms with Crippen LogP contribution in [0.5, 0.6) is 5.75 Å². The first kappa shape index (κ1) is 27.9. The number of carbonyl (C=O) groups is 1. The molecule has 0 aliphatic carbocycles. The summed E-state index contributed by atoms with van der Waals surface area (Å²) in [6.07, 6.45) is -3.31. The number of benzene rings is 1. The van der Waals surface area contributed by atoms with E-state index in [-0.39, 0.29) is 11.8 Å². The topological polar surface area (TPSA) is 127 Å².